The molecule has 1 atom stereocenters. The van der Waals surface area contributed by atoms with Crippen molar-refractivity contribution in [3.63, 3.8) is 0 Å². The van der Waals surface area contributed by atoms with E-state index in [1.807, 2.05) is 6.33 Å². The molecule has 2 rings (SSSR count). The van der Waals surface area contributed by atoms with Crippen molar-refractivity contribution in [2.45, 2.75) is 39.2 Å². The Labute approximate surface area is 88.9 Å². The van der Waals surface area contributed by atoms with Gasteiger partial charge in [0.2, 0.25) is 0 Å². The molecule has 0 amide bonds. The van der Waals surface area contributed by atoms with Crippen LogP contribution in [-0.2, 0) is 24.2 Å². The van der Waals surface area contributed by atoms with Gasteiger partial charge in [-0.3, -0.25) is 4.79 Å². The number of nitrogens with zero attached hydrogens (tertiary/aromatic N) is 2. The van der Waals surface area contributed by atoms with Gasteiger partial charge in [0, 0.05) is 18.7 Å². The maximum Gasteiger partial charge on any atom is 0.306 e. The molecule has 82 valence electrons. The molecule has 0 radical (unpaired) electrons. The Morgan fingerprint density at radius 2 is 2.53 bits per heavy atom. The van der Waals surface area contributed by atoms with Gasteiger partial charge in [0.25, 0.3) is 0 Å². The lowest BCUT2D eigenvalue weighted by molar-refractivity contribution is -0.142. The lowest BCUT2D eigenvalue weighted by Gasteiger charge is -2.21. The first-order valence-electron chi connectivity index (χ1n) is 5.48. The number of hydrogen-bond acceptors (Lipinski definition) is 2. The Balaban J connectivity index is 2.22. The first-order chi connectivity index (χ1) is 7.22. The summed E-state index contributed by atoms with van der Waals surface area (Å²) in [6.45, 7) is 2.91. The highest BCUT2D eigenvalue weighted by Gasteiger charge is 2.26. The molecule has 1 N–H and O–H groups in total. The fourth-order valence-corrected chi connectivity index (χ4v) is 2.16. The van der Waals surface area contributed by atoms with E-state index in [0.717, 1.165) is 37.2 Å². The largest absolute Gasteiger partial charge is 0.481 e. The molecular weight excluding hydrogens is 192 g/mol. The Kier molecular flexibility index (Phi) is 2.75. The van der Waals surface area contributed by atoms with Gasteiger partial charge in [0.05, 0.1) is 17.9 Å². The van der Waals surface area contributed by atoms with Gasteiger partial charge in [-0.15, -0.1) is 0 Å². The van der Waals surface area contributed by atoms with Crippen LogP contribution in [0.1, 0.15) is 31.2 Å². The van der Waals surface area contributed by atoms with Crippen molar-refractivity contribution < 1.29 is 9.90 Å². The summed E-state index contributed by atoms with van der Waals surface area (Å²) in [6.07, 6.45) is 5.23. The number of rotatable bonds is 3. The molecule has 1 aliphatic rings. The maximum absolute atomic E-state index is 10.9. The topological polar surface area (TPSA) is 55.1 Å². The molecule has 15 heavy (non-hydrogen) atoms. The van der Waals surface area contributed by atoms with E-state index in [9.17, 15) is 4.79 Å². The quantitative estimate of drug-likeness (QED) is 0.818. The number of carboxylic acid groups (broad SMARTS) is 1. The molecule has 0 aromatic carbocycles. The van der Waals surface area contributed by atoms with Crippen molar-refractivity contribution in [1.82, 2.24) is 9.55 Å². The highest BCUT2D eigenvalue weighted by atomic mass is 16.4. The van der Waals surface area contributed by atoms with Gasteiger partial charge >= 0.3 is 5.97 Å². The van der Waals surface area contributed by atoms with Crippen LogP contribution in [0.5, 0.6) is 0 Å². The third kappa shape index (κ3) is 1.89. The summed E-state index contributed by atoms with van der Waals surface area (Å²) in [4.78, 5) is 15.3. The zero-order valence-corrected chi connectivity index (χ0v) is 8.94. The van der Waals surface area contributed by atoms with Gasteiger partial charge in [-0.1, -0.05) is 13.3 Å². The van der Waals surface area contributed by atoms with Gasteiger partial charge in [0.15, 0.2) is 0 Å². The molecule has 0 fully saturated rings. The molecule has 0 spiro atoms. The van der Waals surface area contributed by atoms with E-state index in [-0.39, 0.29) is 5.92 Å². The summed E-state index contributed by atoms with van der Waals surface area (Å²) in [5.41, 5.74) is 2.22. The summed E-state index contributed by atoms with van der Waals surface area (Å²) in [5.74, 6) is -0.894. The van der Waals surface area contributed by atoms with Crippen LogP contribution in [0.25, 0.3) is 0 Å². The van der Waals surface area contributed by atoms with Crippen molar-refractivity contribution in [3.8, 4) is 0 Å². The van der Waals surface area contributed by atoms with Crippen LogP contribution in [-0.4, -0.2) is 20.6 Å². The van der Waals surface area contributed by atoms with Gasteiger partial charge in [-0.05, 0) is 12.8 Å². The van der Waals surface area contributed by atoms with Gasteiger partial charge < -0.3 is 9.67 Å². The monoisotopic (exact) mass is 208 g/mol. The molecule has 4 nitrogen and oxygen atoms in total. The number of aromatic nitrogens is 2. The zero-order valence-electron chi connectivity index (χ0n) is 8.94. The second kappa shape index (κ2) is 4.04. The predicted molar refractivity (Wildman–Crippen MR) is 55.7 cm³/mol. The number of hydrogen-bond donors (Lipinski definition) is 1. The number of aryl methyl sites for hydroxylation is 2. The zero-order chi connectivity index (χ0) is 10.8. The fraction of sp³-hybridized carbons (Fsp3) is 0.636. The smallest absolute Gasteiger partial charge is 0.306 e. The molecule has 0 bridgehead atoms. The number of carboxylic acids is 1. The molecule has 0 saturated carbocycles. The fourth-order valence-electron chi connectivity index (χ4n) is 2.16. The van der Waals surface area contributed by atoms with Crippen LogP contribution in [0.4, 0.5) is 0 Å². The normalized spacial score (nSPS) is 19.9. The molecule has 0 aliphatic carbocycles. The van der Waals surface area contributed by atoms with Crippen molar-refractivity contribution in [1.29, 1.82) is 0 Å². The van der Waals surface area contributed by atoms with Crippen LogP contribution in [0.15, 0.2) is 6.33 Å². The van der Waals surface area contributed by atoms with E-state index >= 15 is 0 Å². The lowest BCUT2D eigenvalue weighted by atomic mass is 9.94. The highest BCUT2D eigenvalue weighted by Crippen LogP contribution is 2.23. The van der Waals surface area contributed by atoms with Crippen molar-refractivity contribution in [2.75, 3.05) is 0 Å². The number of aliphatic carboxylic acids is 1. The van der Waals surface area contributed by atoms with Crippen molar-refractivity contribution in [3.05, 3.63) is 17.7 Å². The Bertz CT molecular complexity index is 371. The first-order valence-corrected chi connectivity index (χ1v) is 5.48. The standard InChI is InChI=1S/C11H16N2O2/c1-2-3-9-10-6-8(11(14)15)4-5-13(10)7-12-9/h7-8H,2-6H2,1H3,(H,14,15). The lowest BCUT2D eigenvalue weighted by Crippen LogP contribution is -2.25. The summed E-state index contributed by atoms with van der Waals surface area (Å²) >= 11 is 0. The van der Waals surface area contributed by atoms with E-state index in [4.69, 9.17) is 5.11 Å². The summed E-state index contributed by atoms with van der Waals surface area (Å²) < 4.78 is 2.10. The minimum absolute atomic E-state index is 0.218. The molecular formula is C11H16N2O2. The van der Waals surface area contributed by atoms with E-state index in [1.54, 1.807) is 0 Å². The van der Waals surface area contributed by atoms with Crippen LogP contribution in [0.2, 0.25) is 0 Å². The van der Waals surface area contributed by atoms with E-state index in [1.165, 1.54) is 0 Å². The molecule has 1 aromatic heterocycles. The van der Waals surface area contributed by atoms with Gasteiger partial charge in [-0.2, -0.15) is 0 Å². The van der Waals surface area contributed by atoms with Crippen LogP contribution in [0, 0.1) is 5.92 Å². The second-order valence-corrected chi connectivity index (χ2v) is 4.11. The SMILES string of the molecule is CCCc1ncn2c1CC(C(=O)O)CC2. The molecule has 1 unspecified atom stereocenters. The average molecular weight is 208 g/mol. The van der Waals surface area contributed by atoms with Crippen LogP contribution < -0.4 is 0 Å². The highest BCUT2D eigenvalue weighted by molar-refractivity contribution is 5.70. The Hall–Kier alpha value is -1.32. The Morgan fingerprint density at radius 1 is 1.73 bits per heavy atom. The first kappa shape index (κ1) is 10.2. The minimum Gasteiger partial charge on any atom is -0.481 e. The molecule has 1 aromatic rings. The van der Waals surface area contributed by atoms with Crippen LogP contribution >= 0.6 is 0 Å². The molecule has 4 heteroatoms. The van der Waals surface area contributed by atoms with E-state index in [2.05, 4.69) is 16.5 Å². The van der Waals surface area contributed by atoms with Gasteiger partial charge in [0.1, 0.15) is 0 Å². The summed E-state index contributed by atoms with van der Waals surface area (Å²) in [6, 6.07) is 0. The third-order valence-corrected chi connectivity index (χ3v) is 3.03. The van der Waals surface area contributed by atoms with Gasteiger partial charge in [-0.25, -0.2) is 4.98 Å². The Morgan fingerprint density at radius 3 is 3.20 bits per heavy atom. The average Bonchev–Trinajstić information content (AvgIpc) is 2.61. The minimum atomic E-state index is -0.676. The van der Waals surface area contributed by atoms with Crippen molar-refractivity contribution >= 4 is 5.97 Å². The van der Waals surface area contributed by atoms with Crippen LogP contribution in [0.3, 0.4) is 0 Å². The number of fused-ring (bicyclic) bond motifs is 1. The second-order valence-electron chi connectivity index (χ2n) is 4.11. The molecule has 2 heterocycles. The maximum atomic E-state index is 10.9. The van der Waals surface area contributed by atoms with Crippen molar-refractivity contribution in [2.24, 2.45) is 5.92 Å². The summed E-state index contributed by atoms with van der Waals surface area (Å²) in [7, 11) is 0. The van der Waals surface area contributed by atoms with E-state index < -0.39 is 5.97 Å². The molecule has 1 aliphatic heterocycles. The third-order valence-electron chi connectivity index (χ3n) is 3.03. The molecule has 0 saturated heterocycles. The number of imidazole rings is 1. The number of carbonyl (C=O) groups is 1. The van der Waals surface area contributed by atoms with E-state index in [0.29, 0.717) is 6.42 Å². The summed E-state index contributed by atoms with van der Waals surface area (Å²) in [5, 5.41) is 8.99. The predicted octanol–water partition coefficient (Wildman–Crippen LogP) is 1.48.